The SMILES string of the molecule is C=c1[nH]n(-c2ccc(I)cc2)c(=O)/c1=C/c1ccc(O)c(OCC)c1. The van der Waals surface area contributed by atoms with Crippen molar-refractivity contribution in [2.24, 2.45) is 0 Å². The van der Waals surface area contributed by atoms with Crippen LogP contribution in [0.25, 0.3) is 18.3 Å². The Labute approximate surface area is 158 Å². The second kappa shape index (κ2) is 7.18. The maximum atomic E-state index is 12.7. The molecule has 5 nitrogen and oxygen atoms in total. The summed E-state index contributed by atoms with van der Waals surface area (Å²) in [6.45, 7) is 6.22. The first kappa shape index (κ1) is 17.3. The number of nitrogens with zero attached hydrogens (tertiary/aromatic N) is 1. The Morgan fingerprint density at radius 3 is 2.68 bits per heavy atom. The molecule has 1 aromatic heterocycles. The van der Waals surface area contributed by atoms with Gasteiger partial charge in [-0.15, -0.1) is 0 Å². The lowest BCUT2D eigenvalue weighted by atomic mass is 10.1. The number of hydrogen-bond donors (Lipinski definition) is 2. The number of phenols is 1. The van der Waals surface area contributed by atoms with Crippen molar-refractivity contribution in [2.45, 2.75) is 6.92 Å². The predicted molar refractivity (Wildman–Crippen MR) is 107 cm³/mol. The average Bonchev–Trinajstić information content (AvgIpc) is 2.87. The zero-order valence-corrected chi connectivity index (χ0v) is 15.8. The lowest BCUT2D eigenvalue weighted by Crippen LogP contribution is -2.33. The van der Waals surface area contributed by atoms with E-state index in [9.17, 15) is 9.90 Å². The first-order valence-electron chi connectivity index (χ1n) is 7.73. The predicted octanol–water partition coefficient (Wildman–Crippen LogP) is 2.11. The van der Waals surface area contributed by atoms with Crippen molar-refractivity contribution in [2.75, 3.05) is 6.61 Å². The third-order valence-corrected chi connectivity index (χ3v) is 4.40. The van der Waals surface area contributed by atoms with Gasteiger partial charge in [0.1, 0.15) is 0 Å². The molecule has 0 aliphatic rings. The van der Waals surface area contributed by atoms with Crippen molar-refractivity contribution in [3.8, 4) is 17.2 Å². The van der Waals surface area contributed by atoms with Gasteiger partial charge in [0.2, 0.25) is 0 Å². The molecule has 25 heavy (non-hydrogen) atoms. The fourth-order valence-electron chi connectivity index (χ4n) is 2.47. The summed E-state index contributed by atoms with van der Waals surface area (Å²) in [6, 6.07) is 12.6. The topological polar surface area (TPSA) is 67.2 Å². The fraction of sp³-hybridized carbons (Fsp3) is 0.105. The smallest absolute Gasteiger partial charge is 0.279 e. The van der Waals surface area contributed by atoms with E-state index in [1.165, 1.54) is 4.68 Å². The van der Waals surface area contributed by atoms with Crippen molar-refractivity contribution in [1.29, 1.82) is 0 Å². The minimum atomic E-state index is -0.183. The second-order valence-corrected chi connectivity index (χ2v) is 6.67. The van der Waals surface area contributed by atoms with Crippen molar-refractivity contribution >= 4 is 35.2 Å². The number of aromatic hydroxyl groups is 1. The zero-order chi connectivity index (χ0) is 18.0. The van der Waals surface area contributed by atoms with E-state index < -0.39 is 0 Å². The van der Waals surface area contributed by atoms with Crippen molar-refractivity contribution < 1.29 is 9.84 Å². The summed E-state index contributed by atoms with van der Waals surface area (Å²) in [5.41, 5.74) is 1.31. The summed E-state index contributed by atoms with van der Waals surface area (Å²) in [5.74, 6) is 0.453. The first-order chi connectivity index (χ1) is 12.0. The van der Waals surface area contributed by atoms with Gasteiger partial charge in [-0.1, -0.05) is 12.6 Å². The summed E-state index contributed by atoms with van der Waals surface area (Å²) >= 11 is 2.22. The van der Waals surface area contributed by atoms with Gasteiger partial charge in [0.05, 0.1) is 22.9 Å². The number of hydrogen-bond acceptors (Lipinski definition) is 3. The van der Waals surface area contributed by atoms with Crippen molar-refractivity contribution in [1.82, 2.24) is 9.78 Å². The number of nitrogens with one attached hydrogen (secondary N) is 1. The number of benzene rings is 2. The Morgan fingerprint density at radius 2 is 2.00 bits per heavy atom. The van der Waals surface area contributed by atoms with Crippen LogP contribution in [0.4, 0.5) is 0 Å². The number of rotatable bonds is 4. The third kappa shape index (κ3) is 3.63. The minimum Gasteiger partial charge on any atom is -0.504 e. The highest BCUT2D eigenvalue weighted by Gasteiger charge is 2.06. The monoisotopic (exact) mass is 448 g/mol. The van der Waals surface area contributed by atoms with Crippen molar-refractivity contribution in [3.05, 3.63) is 72.5 Å². The van der Waals surface area contributed by atoms with Crippen LogP contribution in [0.5, 0.6) is 11.5 Å². The number of aromatic amines is 1. The quantitative estimate of drug-likeness (QED) is 0.602. The van der Waals surface area contributed by atoms with Crippen LogP contribution >= 0.6 is 22.6 Å². The lowest BCUT2D eigenvalue weighted by molar-refractivity contribution is 0.318. The highest BCUT2D eigenvalue weighted by molar-refractivity contribution is 14.1. The van der Waals surface area contributed by atoms with E-state index in [4.69, 9.17) is 4.74 Å². The van der Waals surface area contributed by atoms with Crippen LogP contribution < -0.4 is 20.9 Å². The normalized spacial score (nSPS) is 11.7. The van der Waals surface area contributed by atoms with Crippen LogP contribution in [0.1, 0.15) is 12.5 Å². The maximum absolute atomic E-state index is 12.7. The maximum Gasteiger partial charge on any atom is 0.279 e. The zero-order valence-electron chi connectivity index (χ0n) is 13.6. The number of halogens is 1. The molecular formula is C19H17IN2O3. The van der Waals surface area contributed by atoms with Gasteiger partial charge in [0.25, 0.3) is 5.56 Å². The number of H-pyrrole nitrogens is 1. The number of ether oxygens (including phenoxy) is 1. The van der Waals surface area contributed by atoms with Crippen LogP contribution in [-0.2, 0) is 0 Å². The van der Waals surface area contributed by atoms with E-state index in [2.05, 4.69) is 34.3 Å². The Morgan fingerprint density at radius 1 is 1.28 bits per heavy atom. The molecule has 0 saturated heterocycles. The summed E-state index contributed by atoms with van der Waals surface area (Å²) in [4.78, 5) is 12.7. The van der Waals surface area contributed by atoms with Gasteiger partial charge in [-0.25, -0.2) is 4.68 Å². The Balaban J connectivity index is 2.11. The molecular weight excluding hydrogens is 431 g/mol. The molecule has 128 valence electrons. The molecule has 0 bridgehead atoms. The van der Waals surface area contributed by atoms with Crippen LogP contribution in [-0.4, -0.2) is 21.5 Å². The molecule has 0 atom stereocenters. The van der Waals surface area contributed by atoms with Gasteiger partial charge in [-0.05, 0) is 77.6 Å². The summed E-state index contributed by atoms with van der Waals surface area (Å²) in [5, 5.41) is 13.8. The fourth-order valence-corrected chi connectivity index (χ4v) is 2.83. The van der Waals surface area contributed by atoms with Gasteiger partial charge in [0, 0.05) is 3.57 Å². The van der Waals surface area contributed by atoms with Gasteiger partial charge < -0.3 is 9.84 Å². The molecule has 0 saturated carbocycles. The van der Waals surface area contributed by atoms with Crippen molar-refractivity contribution in [3.63, 3.8) is 0 Å². The molecule has 0 spiro atoms. The highest BCUT2D eigenvalue weighted by Crippen LogP contribution is 2.26. The highest BCUT2D eigenvalue weighted by atomic mass is 127. The molecule has 6 heteroatoms. The molecule has 0 unspecified atom stereocenters. The van der Waals surface area contributed by atoms with E-state index in [1.54, 1.807) is 24.3 Å². The molecule has 3 rings (SSSR count). The molecule has 0 amide bonds. The first-order valence-corrected chi connectivity index (χ1v) is 8.81. The summed E-state index contributed by atoms with van der Waals surface area (Å²) < 4.78 is 7.94. The standard InChI is InChI=1S/C19H17IN2O3/c1-3-25-18-11-13(4-9-17(18)23)10-16-12(2)21-22(19(16)24)15-7-5-14(20)6-8-15/h4-11,21,23H,2-3H2,1H3/b16-10+. The van der Waals surface area contributed by atoms with E-state index in [1.807, 2.05) is 31.2 Å². The number of phenolic OH excluding ortho intramolecular Hbond substituents is 1. The molecule has 2 aromatic carbocycles. The van der Waals surface area contributed by atoms with Gasteiger partial charge in [0.15, 0.2) is 11.5 Å². The summed E-state index contributed by atoms with van der Waals surface area (Å²) in [7, 11) is 0. The van der Waals surface area contributed by atoms with E-state index in [0.29, 0.717) is 22.9 Å². The molecule has 2 N–H and O–H groups in total. The molecule has 0 aliphatic carbocycles. The number of aromatic nitrogens is 2. The van der Waals surface area contributed by atoms with Crippen LogP contribution in [0.3, 0.4) is 0 Å². The Kier molecular flexibility index (Phi) is 4.98. The molecule has 0 fully saturated rings. The third-order valence-electron chi connectivity index (χ3n) is 3.68. The second-order valence-electron chi connectivity index (χ2n) is 5.43. The van der Waals surface area contributed by atoms with Gasteiger partial charge in [-0.2, -0.15) is 0 Å². The molecule has 0 aliphatic heterocycles. The van der Waals surface area contributed by atoms with Crippen LogP contribution in [0, 0.1) is 3.57 Å². The largest absolute Gasteiger partial charge is 0.504 e. The van der Waals surface area contributed by atoms with E-state index in [-0.39, 0.29) is 11.3 Å². The Hall–Kier alpha value is -2.48. The lowest BCUT2D eigenvalue weighted by Gasteiger charge is -2.05. The van der Waals surface area contributed by atoms with Crippen LogP contribution in [0.2, 0.25) is 0 Å². The van der Waals surface area contributed by atoms with E-state index >= 15 is 0 Å². The molecule has 1 heterocycles. The average molecular weight is 448 g/mol. The minimum absolute atomic E-state index is 0.0687. The van der Waals surface area contributed by atoms with E-state index in [0.717, 1.165) is 14.8 Å². The Bertz CT molecular complexity index is 1070. The van der Waals surface area contributed by atoms with Gasteiger partial charge >= 0.3 is 0 Å². The van der Waals surface area contributed by atoms with Crippen LogP contribution in [0.15, 0.2) is 47.3 Å². The molecule has 0 radical (unpaired) electrons. The summed E-state index contributed by atoms with van der Waals surface area (Å²) in [6.07, 6.45) is 1.73. The van der Waals surface area contributed by atoms with Gasteiger partial charge in [-0.3, -0.25) is 9.89 Å². The molecule has 3 aromatic rings.